The van der Waals surface area contributed by atoms with Crippen molar-refractivity contribution in [3.63, 3.8) is 0 Å². The molecule has 0 amide bonds. The van der Waals surface area contributed by atoms with Gasteiger partial charge in [-0.2, -0.15) is 27.9 Å². The van der Waals surface area contributed by atoms with Crippen LogP contribution in [0.4, 0.5) is 13.2 Å². The fourth-order valence-electron chi connectivity index (χ4n) is 6.64. The van der Waals surface area contributed by atoms with Gasteiger partial charge >= 0.3 is 6.18 Å². The molecule has 3 aromatic rings. The normalized spacial score (nSPS) is 31.8. The van der Waals surface area contributed by atoms with Crippen LogP contribution in [0.5, 0.6) is 0 Å². The molecule has 10 heteroatoms. The molecule has 0 unspecified atom stereocenters. The van der Waals surface area contributed by atoms with Gasteiger partial charge in [0, 0.05) is 46.5 Å². The topological polar surface area (TPSA) is 74.3 Å². The van der Waals surface area contributed by atoms with Crippen LogP contribution >= 0.6 is 0 Å². The first-order valence-electron chi connectivity index (χ1n) is 12.7. The van der Waals surface area contributed by atoms with Gasteiger partial charge in [0.1, 0.15) is 0 Å². The van der Waals surface area contributed by atoms with Gasteiger partial charge in [-0.3, -0.25) is 9.48 Å². The van der Waals surface area contributed by atoms with Crippen molar-refractivity contribution >= 4 is 5.65 Å². The minimum Gasteiger partial charge on any atom is -0.373 e. The Morgan fingerprint density at radius 1 is 1.14 bits per heavy atom. The highest BCUT2D eigenvalue weighted by Crippen LogP contribution is 2.78. The van der Waals surface area contributed by atoms with Gasteiger partial charge in [0.15, 0.2) is 5.65 Å². The van der Waals surface area contributed by atoms with Gasteiger partial charge in [-0.25, -0.2) is 4.98 Å². The summed E-state index contributed by atoms with van der Waals surface area (Å²) in [5, 5.41) is 9.22. The Labute approximate surface area is 205 Å². The zero-order valence-corrected chi connectivity index (χ0v) is 20.3. The highest BCUT2D eigenvalue weighted by Gasteiger charge is 2.79. The fourth-order valence-corrected chi connectivity index (χ4v) is 6.64. The Hall–Kier alpha value is -2.75. The molecule has 3 aromatic heterocycles. The maximum absolute atomic E-state index is 13.6. The van der Waals surface area contributed by atoms with Crippen LogP contribution in [-0.2, 0) is 10.2 Å². The predicted molar refractivity (Wildman–Crippen MR) is 124 cm³/mol. The summed E-state index contributed by atoms with van der Waals surface area (Å²) in [6.07, 6.45) is 3.49. The van der Waals surface area contributed by atoms with Gasteiger partial charge < -0.3 is 4.74 Å². The van der Waals surface area contributed by atoms with Crippen LogP contribution in [0.25, 0.3) is 5.65 Å². The number of rotatable bonds is 4. The third-order valence-electron chi connectivity index (χ3n) is 9.10. The lowest BCUT2D eigenvalue weighted by Gasteiger charge is -2.70. The van der Waals surface area contributed by atoms with Crippen molar-refractivity contribution in [2.45, 2.75) is 88.4 Å². The molecular weight excluding hydrogens is 471 g/mol. The molecule has 5 fully saturated rings. The van der Waals surface area contributed by atoms with Gasteiger partial charge in [-0.1, -0.05) is 0 Å². The van der Waals surface area contributed by atoms with Crippen LogP contribution in [0.3, 0.4) is 0 Å². The quantitative estimate of drug-likeness (QED) is 0.513. The monoisotopic (exact) mass is 499 g/mol. The average Bonchev–Trinajstić information content (AvgIpc) is 3.51. The lowest BCUT2D eigenvalue weighted by molar-refractivity contribution is -0.336. The first-order chi connectivity index (χ1) is 17.1. The van der Waals surface area contributed by atoms with Crippen molar-refractivity contribution < 1.29 is 17.9 Å². The van der Waals surface area contributed by atoms with E-state index in [4.69, 9.17) is 9.84 Å². The van der Waals surface area contributed by atoms with Crippen molar-refractivity contribution in [1.82, 2.24) is 24.4 Å². The van der Waals surface area contributed by atoms with E-state index in [9.17, 15) is 18.0 Å². The minimum absolute atomic E-state index is 0.0219. The van der Waals surface area contributed by atoms with Gasteiger partial charge in [0.2, 0.25) is 0 Å². The van der Waals surface area contributed by atoms with E-state index in [0.29, 0.717) is 36.0 Å². The second-order valence-corrected chi connectivity index (χ2v) is 11.5. The zero-order valence-electron chi connectivity index (χ0n) is 20.3. The van der Waals surface area contributed by atoms with E-state index in [1.54, 1.807) is 13.8 Å². The summed E-state index contributed by atoms with van der Waals surface area (Å²) in [6, 6.07) is 2.43. The van der Waals surface area contributed by atoms with Gasteiger partial charge in [-0.05, 0) is 64.9 Å². The number of halogens is 3. The van der Waals surface area contributed by atoms with Gasteiger partial charge in [-0.15, -0.1) is 0 Å². The lowest BCUT2D eigenvalue weighted by atomic mass is 9.33. The van der Waals surface area contributed by atoms with Crippen LogP contribution in [-0.4, -0.2) is 37.2 Å². The van der Waals surface area contributed by atoms with Gasteiger partial charge in [0.05, 0.1) is 29.5 Å². The van der Waals surface area contributed by atoms with Crippen molar-refractivity contribution in [1.29, 1.82) is 0 Å². The molecule has 36 heavy (non-hydrogen) atoms. The summed E-state index contributed by atoms with van der Waals surface area (Å²) < 4.78 is 50.3. The maximum Gasteiger partial charge on any atom is 0.394 e. The van der Waals surface area contributed by atoms with Crippen LogP contribution in [0.2, 0.25) is 0 Å². The van der Waals surface area contributed by atoms with Crippen LogP contribution in [0, 0.1) is 19.3 Å². The van der Waals surface area contributed by atoms with Crippen molar-refractivity contribution in [2.75, 3.05) is 6.61 Å². The molecule has 4 saturated carbocycles. The highest BCUT2D eigenvalue weighted by molar-refractivity contribution is 5.57. The molecular formula is C26H28F3N5O2. The fraction of sp³-hybridized carbons (Fsp3) is 0.615. The molecule has 8 rings (SSSR count). The molecule has 1 aliphatic heterocycles. The van der Waals surface area contributed by atoms with E-state index in [2.05, 4.69) is 16.3 Å². The molecule has 0 N–H and O–H groups in total. The number of hydrogen-bond acceptors (Lipinski definition) is 5. The smallest absolute Gasteiger partial charge is 0.373 e. The second-order valence-electron chi connectivity index (χ2n) is 11.5. The predicted octanol–water partition coefficient (Wildman–Crippen LogP) is 4.86. The number of aromatic nitrogens is 5. The summed E-state index contributed by atoms with van der Waals surface area (Å²) in [4.78, 5) is 17.9. The molecule has 2 atom stereocenters. The Bertz CT molecular complexity index is 1430. The third kappa shape index (κ3) is 3.09. The van der Waals surface area contributed by atoms with Crippen molar-refractivity contribution in [3.05, 3.63) is 56.9 Å². The minimum atomic E-state index is -4.20. The van der Waals surface area contributed by atoms with E-state index in [1.165, 1.54) is 4.52 Å². The van der Waals surface area contributed by atoms with Crippen molar-refractivity contribution in [2.24, 2.45) is 5.41 Å². The average molecular weight is 500 g/mol. The summed E-state index contributed by atoms with van der Waals surface area (Å²) >= 11 is 0. The van der Waals surface area contributed by atoms with Gasteiger partial charge in [0.25, 0.3) is 5.56 Å². The molecule has 4 aliphatic carbocycles. The molecule has 7 nitrogen and oxygen atoms in total. The Kier molecular flexibility index (Phi) is 4.47. The molecule has 1 saturated heterocycles. The Morgan fingerprint density at radius 3 is 2.58 bits per heavy atom. The highest BCUT2D eigenvalue weighted by atomic mass is 19.4. The largest absolute Gasteiger partial charge is 0.394 e. The molecule has 2 bridgehead atoms. The van der Waals surface area contributed by atoms with E-state index in [0.717, 1.165) is 36.1 Å². The number of aryl methyl sites for hydroxylation is 1. The van der Waals surface area contributed by atoms with Crippen molar-refractivity contribution in [3.8, 4) is 0 Å². The van der Waals surface area contributed by atoms with Crippen LogP contribution in [0.15, 0.2) is 23.3 Å². The van der Waals surface area contributed by atoms with Crippen LogP contribution < -0.4 is 5.56 Å². The number of fused-ring (bicyclic) bond motifs is 1. The Balaban J connectivity index is 1.27. The second kappa shape index (κ2) is 7.18. The number of ether oxygens (including phenoxy) is 1. The molecule has 4 heterocycles. The molecule has 190 valence electrons. The van der Waals surface area contributed by atoms with E-state index < -0.39 is 17.0 Å². The molecule has 0 aromatic carbocycles. The SMILES string of the molecule is Cc1nc2c(C34CC(C(F)(F)F)(C3)C4)cc([C@@H]3CCO[C@H](c4cnn(C5CC5)c4)C3)nn2c(=O)c1C. The number of alkyl halides is 3. The third-order valence-corrected chi connectivity index (χ3v) is 9.10. The molecule has 0 spiro atoms. The molecule has 0 radical (unpaired) electrons. The standard InChI is InChI=1S/C26H28F3N5O2/c1-14-15(2)31-22-19(24-11-25(12-24,13-24)26(27,28)29)8-20(32-34(22)23(14)35)16-5-6-36-21(7-16)17-9-30-33(10-17)18-3-4-18/h8-10,16,18,21H,3-7,11-13H2,1-2H3/t16-,21+,24?,25?/m1/s1. The lowest BCUT2D eigenvalue weighted by Crippen LogP contribution is -2.70. The first kappa shape index (κ1) is 22.4. The summed E-state index contributed by atoms with van der Waals surface area (Å²) in [5.41, 5.74) is 1.57. The van der Waals surface area contributed by atoms with Crippen LogP contribution in [0.1, 0.15) is 91.1 Å². The first-order valence-corrected chi connectivity index (χ1v) is 12.7. The van der Waals surface area contributed by atoms with E-state index in [1.807, 2.05) is 16.9 Å². The summed E-state index contributed by atoms with van der Waals surface area (Å²) in [5.74, 6) is 0.0219. The summed E-state index contributed by atoms with van der Waals surface area (Å²) in [6.45, 7) is 4.02. The Morgan fingerprint density at radius 2 is 1.89 bits per heavy atom. The number of nitrogens with zero attached hydrogens (tertiary/aromatic N) is 5. The summed E-state index contributed by atoms with van der Waals surface area (Å²) in [7, 11) is 0. The van der Waals surface area contributed by atoms with E-state index in [-0.39, 0.29) is 36.8 Å². The van der Waals surface area contributed by atoms with E-state index >= 15 is 0 Å². The zero-order chi connectivity index (χ0) is 25.0. The maximum atomic E-state index is 13.6. The number of hydrogen-bond donors (Lipinski definition) is 0. The molecule has 5 aliphatic rings.